The summed E-state index contributed by atoms with van der Waals surface area (Å²) < 4.78 is 0. The van der Waals surface area contributed by atoms with E-state index in [0.717, 1.165) is 56.7 Å². The van der Waals surface area contributed by atoms with Gasteiger partial charge in [0.25, 0.3) is 0 Å². The molecule has 2 aromatic heterocycles. The van der Waals surface area contributed by atoms with Crippen LogP contribution in [0.3, 0.4) is 0 Å². The normalized spacial score (nSPS) is 26.4. The Hall–Kier alpha value is -2.45. The third-order valence-corrected chi connectivity index (χ3v) is 7.87. The van der Waals surface area contributed by atoms with E-state index in [-0.39, 0.29) is 0 Å². The van der Waals surface area contributed by atoms with Crippen LogP contribution in [-0.4, -0.2) is 86.4 Å². The van der Waals surface area contributed by atoms with Crippen LogP contribution in [0.15, 0.2) is 24.3 Å². The molecule has 176 valence electrons. The first-order valence-corrected chi connectivity index (χ1v) is 12.5. The van der Waals surface area contributed by atoms with Gasteiger partial charge in [-0.05, 0) is 57.6 Å². The van der Waals surface area contributed by atoms with Crippen LogP contribution in [0.5, 0.6) is 0 Å². The first-order valence-electron chi connectivity index (χ1n) is 12.2. The molecule has 0 amide bonds. The van der Waals surface area contributed by atoms with Gasteiger partial charge in [-0.25, -0.2) is 9.97 Å². The fraction of sp³-hybridized carbons (Fsp3) is 0.583. The number of rotatable bonds is 2. The summed E-state index contributed by atoms with van der Waals surface area (Å²) in [4.78, 5) is 18.7. The van der Waals surface area contributed by atoms with Crippen molar-refractivity contribution in [2.75, 3.05) is 78.7 Å². The molecule has 9 heteroatoms. The lowest BCUT2D eigenvalue weighted by atomic mass is 10.2. The van der Waals surface area contributed by atoms with E-state index >= 15 is 0 Å². The minimum absolute atomic E-state index is 0.564. The quantitative estimate of drug-likeness (QED) is 0.652. The van der Waals surface area contributed by atoms with Crippen LogP contribution in [0.2, 0.25) is 5.15 Å². The van der Waals surface area contributed by atoms with Crippen LogP contribution >= 0.6 is 11.6 Å². The Kier molecular flexibility index (Phi) is 5.37. The van der Waals surface area contributed by atoms with Gasteiger partial charge in [0.05, 0.1) is 11.4 Å². The monoisotopic (exact) mass is 468 g/mol. The van der Waals surface area contributed by atoms with Crippen molar-refractivity contribution in [3.63, 3.8) is 0 Å². The number of fused-ring (bicyclic) bond motifs is 8. The first-order chi connectivity index (χ1) is 16.0. The summed E-state index contributed by atoms with van der Waals surface area (Å²) in [7, 11) is 4.34. The molecule has 5 aliphatic rings. The number of likely N-dealkylation sites (N-methyl/N-ethyl adjacent to an activating group) is 1. The van der Waals surface area contributed by atoms with Crippen LogP contribution < -0.4 is 25.3 Å². The fourth-order valence-electron chi connectivity index (χ4n) is 5.72. The molecule has 7 heterocycles. The highest BCUT2D eigenvalue weighted by Crippen LogP contribution is 2.36. The van der Waals surface area contributed by atoms with Gasteiger partial charge < -0.3 is 30.2 Å². The van der Waals surface area contributed by atoms with Crippen LogP contribution in [0.1, 0.15) is 19.3 Å². The molecule has 3 saturated heterocycles. The van der Waals surface area contributed by atoms with E-state index in [1.54, 1.807) is 0 Å². The van der Waals surface area contributed by atoms with E-state index in [1.165, 1.54) is 30.6 Å². The molecule has 4 bridgehead atoms. The molecule has 2 aromatic rings. The van der Waals surface area contributed by atoms with Crippen molar-refractivity contribution >= 4 is 40.4 Å². The number of aromatic nitrogens is 2. The average molecular weight is 469 g/mol. The van der Waals surface area contributed by atoms with Crippen molar-refractivity contribution < 1.29 is 0 Å². The number of pyridine rings is 2. The summed E-state index contributed by atoms with van der Waals surface area (Å²) in [6, 6.07) is 10.1. The Balaban J connectivity index is 0.000000137. The van der Waals surface area contributed by atoms with E-state index in [9.17, 15) is 0 Å². The zero-order valence-corrected chi connectivity index (χ0v) is 20.2. The summed E-state index contributed by atoms with van der Waals surface area (Å²) >= 11 is 5.82. The van der Waals surface area contributed by atoms with Crippen molar-refractivity contribution in [3.05, 3.63) is 29.4 Å². The Morgan fingerprint density at radius 2 is 1.39 bits per heavy atom. The van der Waals surface area contributed by atoms with E-state index in [2.05, 4.69) is 61.4 Å². The molecule has 0 aromatic carbocycles. The number of hydrogen-bond donors (Lipinski definition) is 2. The lowest BCUT2D eigenvalue weighted by molar-refractivity contribution is 0.315. The fourth-order valence-corrected chi connectivity index (χ4v) is 5.87. The van der Waals surface area contributed by atoms with Crippen LogP contribution in [-0.2, 0) is 0 Å². The number of anilines is 5. The second-order valence-corrected chi connectivity index (χ2v) is 10.4. The minimum atomic E-state index is 0.564. The number of hydrogen-bond acceptors (Lipinski definition) is 8. The van der Waals surface area contributed by atoms with E-state index in [1.807, 2.05) is 12.1 Å². The molecule has 0 spiro atoms. The molecule has 3 atom stereocenters. The van der Waals surface area contributed by atoms with Crippen molar-refractivity contribution in [2.45, 2.75) is 37.4 Å². The van der Waals surface area contributed by atoms with E-state index < -0.39 is 0 Å². The summed E-state index contributed by atoms with van der Waals surface area (Å²) in [6.45, 7) is 6.75. The molecule has 5 aliphatic heterocycles. The zero-order chi connectivity index (χ0) is 22.5. The van der Waals surface area contributed by atoms with Crippen LogP contribution in [0, 0.1) is 0 Å². The highest BCUT2D eigenvalue weighted by Gasteiger charge is 2.32. The van der Waals surface area contributed by atoms with Crippen molar-refractivity contribution in [1.29, 1.82) is 0 Å². The molecule has 0 saturated carbocycles. The highest BCUT2D eigenvalue weighted by atomic mass is 35.5. The second-order valence-electron chi connectivity index (χ2n) is 10.0. The van der Waals surface area contributed by atoms with Gasteiger partial charge in [-0.2, -0.15) is 0 Å². The van der Waals surface area contributed by atoms with Crippen molar-refractivity contribution in [2.24, 2.45) is 0 Å². The lowest BCUT2D eigenvalue weighted by Crippen LogP contribution is -2.34. The number of halogens is 1. The Morgan fingerprint density at radius 3 is 2.03 bits per heavy atom. The zero-order valence-electron chi connectivity index (χ0n) is 19.5. The largest absolute Gasteiger partial charge is 0.366 e. The van der Waals surface area contributed by atoms with Gasteiger partial charge in [-0.1, -0.05) is 11.6 Å². The Bertz CT molecular complexity index is 1030. The summed E-state index contributed by atoms with van der Waals surface area (Å²) in [5.74, 6) is 3.16. The molecular weight excluding hydrogens is 436 g/mol. The van der Waals surface area contributed by atoms with E-state index in [4.69, 9.17) is 16.6 Å². The predicted molar refractivity (Wildman–Crippen MR) is 136 cm³/mol. The summed E-state index contributed by atoms with van der Waals surface area (Å²) in [6.07, 6.45) is 3.67. The van der Waals surface area contributed by atoms with Gasteiger partial charge in [0, 0.05) is 57.4 Å². The standard InChI is InChI=1S/C15H23N5.C9H10ClN3/c1-18(2)12-6-8-20(10-12)14-4-3-13-15(17-14)16-11-5-7-19(13)9-11;10-8-2-1-7-9(12-8)11-6-3-4-13(7)5-6/h3-4,11-12H,5-10H2,1-2H3,(H,16,17);1-2,6H,3-5H2,(H,11,12)/t11-,12-;6-/m00/s1. The molecular formula is C24H33ClN8. The predicted octanol–water partition coefficient (Wildman–Crippen LogP) is 2.97. The molecule has 33 heavy (non-hydrogen) atoms. The summed E-state index contributed by atoms with van der Waals surface area (Å²) in [5, 5.41) is 7.55. The maximum absolute atomic E-state index is 5.82. The van der Waals surface area contributed by atoms with Gasteiger partial charge in [-0.15, -0.1) is 0 Å². The molecule has 2 N–H and O–H groups in total. The molecule has 0 radical (unpaired) electrons. The third-order valence-electron chi connectivity index (χ3n) is 7.66. The average Bonchev–Trinajstić information content (AvgIpc) is 3.54. The molecule has 0 aliphatic carbocycles. The highest BCUT2D eigenvalue weighted by molar-refractivity contribution is 6.29. The minimum Gasteiger partial charge on any atom is -0.366 e. The van der Waals surface area contributed by atoms with Gasteiger partial charge in [0.2, 0.25) is 0 Å². The van der Waals surface area contributed by atoms with Gasteiger partial charge in [0.15, 0.2) is 11.6 Å². The SMILES string of the molecule is CN(C)[C@H]1CCN(c2ccc3c(n2)N[C@H]2CCN3C2)C1.Clc1ccc2c(n1)N[C@H]1CCN2C1. The van der Waals surface area contributed by atoms with Crippen LogP contribution in [0.25, 0.3) is 0 Å². The van der Waals surface area contributed by atoms with Crippen molar-refractivity contribution in [3.8, 4) is 0 Å². The number of nitrogens with zero attached hydrogens (tertiary/aromatic N) is 6. The topological polar surface area (TPSA) is 62.8 Å². The smallest absolute Gasteiger partial charge is 0.152 e. The van der Waals surface area contributed by atoms with Crippen LogP contribution in [0.4, 0.5) is 28.8 Å². The van der Waals surface area contributed by atoms with Gasteiger partial charge in [0.1, 0.15) is 11.0 Å². The van der Waals surface area contributed by atoms with E-state index in [0.29, 0.717) is 23.3 Å². The Labute approximate surface area is 200 Å². The lowest BCUT2D eigenvalue weighted by Gasteiger charge is -2.29. The molecule has 3 fully saturated rings. The number of nitrogens with one attached hydrogen (secondary N) is 2. The molecule has 0 unspecified atom stereocenters. The molecule has 8 nitrogen and oxygen atoms in total. The maximum Gasteiger partial charge on any atom is 0.152 e. The first kappa shape index (κ1) is 21.1. The van der Waals surface area contributed by atoms with Gasteiger partial charge in [-0.3, -0.25) is 0 Å². The van der Waals surface area contributed by atoms with Gasteiger partial charge >= 0.3 is 0 Å². The maximum atomic E-state index is 5.82. The second kappa shape index (κ2) is 8.40. The molecule has 7 rings (SSSR count). The van der Waals surface area contributed by atoms with Crippen molar-refractivity contribution in [1.82, 2.24) is 14.9 Å². The third kappa shape index (κ3) is 4.04. The Morgan fingerprint density at radius 1 is 0.788 bits per heavy atom. The summed E-state index contributed by atoms with van der Waals surface area (Å²) in [5.41, 5.74) is 2.48.